The average Bonchev–Trinajstić information content (AvgIpc) is 2.75. The molecule has 0 radical (unpaired) electrons. The highest BCUT2D eigenvalue weighted by Crippen LogP contribution is 2.42. The number of amides is 1. The number of rotatable bonds is 7. The second-order valence-electron chi connectivity index (χ2n) is 6.32. The van der Waals surface area contributed by atoms with Gasteiger partial charge >= 0.3 is 0 Å². The van der Waals surface area contributed by atoms with Gasteiger partial charge in [0.05, 0.1) is 6.54 Å². The summed E-state index contributed by atoms with van der Waals surface area (Å²) < 4.78 is 0. The second-order valence-corrected chi connectivity index (χ2v) is 6.32. The summed E-state index contributed by atoms with van der Waals surface area (Å²) in [6.07, 6.45) is 6.66. The molecule has 0 unspecified atom stereocenters. The Kier molecular flexibility index (Phi) is 6.13. The summed E-state index contributed by atoms with van der Waals surface area (Å²) >= 11 is 0. The fourth-order valence-electron chi connectivity index (χ4n) is 3.19. The number of likely N-dealkylation sites (N-methyl/N-ethyl adjacent to an activating group) is 1. The van der Waals surface area contributed by atoms with Crippen molar-refractivity contribution in [3.8, 4) is 0 Å². The summed E-state index contributed by atoms with van der Waals surface area (Å²) in [6, 6.07) is 0. The van der Waals surface area contributed by atoms with E-state index < -0.39 is 0 Å². The van der Waals surface area contributed by atoms with Gasteiger partial charge < -0.3 is 10.2 Å². The van der Waals surface area contributed by atoms with E-state index in [2.05, 4.69) is 19.2 Å². The maximum absolute atomic E-state index is 11.7. The highest BCUT2D eigenvalue weighted by molar-refractivity contribution is 5.77. The maximum Gasteiger partial charge on any atom is 0.236 e. The minimum Gasteiger partial charge on any atom is -0.345 e. The van der Waals surface area contributed by atoms with E-state index in [-0.39, 0.29) is 5.91 Å². The topological polar surface area (TPSA) is 32.3 Å². The fraction of sp³-hybridized carbons (Fsp3) is 0.933. The molecular weight excluding hydrogens is 224 g/mol. The summed E-state index contributed by atoms with van der Waals surface area (Å²) in [4.78, 5) is 13.5. The third kappa shape index (κ3) is 4.60. The highest BCUT2D eigenvalue weighted by atomic mass is 16.2. The standard InChI is InChI=1S/C15H30N2O/c1-5-17(4)14(18)11-16-12-15(10-13(2)3)8-6-7-9-15/h13,16H,5-12H2,1-4H3. The van der Waals surface area contributed by atoms with E-state index >= 15 is 0 Å². The Morgan fingerprint density at radius 1 is 1.33 bits per heavy atom. The van der Waals surface area contributed by atoms with Crippen LogP contribution >= 0.6 is 0 Å². The molecule has 1 saturated carbocycles. The lowest BCUT2D eigenvalue weighted by Gasteiger charge is -2.31. The van der Waals surface area contributed by atoms with Crippen molar-refractivity contribution in [2.45, 2.75) is 52.9 Å². The van der Waals surface area contributed by atoms with Crippen LogP contribution in [0.15, 0.2) is 0 Å². The lowest BCUT2D eigenvalue weighted by molar-refractivity contribution is -0.128. The van der Waals surface area contributed by atoms with Crippen molar-refractivity contribution in [2.24, 2.45) is 11.3 Å². The van der Waals surface area contributed by atoms with Gasteiger partial charge in [0.1, 0.15) is 0 Å². The number of hydrogen-bond acceptors (Lipinski definition) is 2. The molecule has 106 valence electrons. The summed E-state index contributed by atoms with van der Waals surface area (Å²) in [7, 11) is 1.86. The number of carbonyl (C=O) groups excluding carboxylic acids is 1. The SMILES string of the molecule is CCN(C)C(=O)CNCC1(CC(C)C)CCCC1. The van der Waals surface area contributed by atoms with E-state index in [1.165, 1.54) is 32.1 Å². The molecule has 0 aromatic heterocycles. The van der Waals surface area contributed by atoms with E-state index in [1.807, 2.05) is 14.0 Å². The molecule has 1 N–H and O–H groups in total. The van der Waals surface area contributed by atoms with Gasteiger partial charge in [-0.05, 0) is 37.5 Å². The molecule has 3 nitrogen and oxygen atoms in total. The Hall–Kier alpha value is -0.570. The average molecular weight is 254 g/mol. The molecule has 1 aliphatic rings. The Bertz CT molecular complexity index is 257. The second kappa shape index (κ2) is 7.13. The molecule has 3 heteroatoms. The van der Waals surface area contributed by atoms with Crippen LogP contribution in [0, 0.1) is 11.3 Å². The first-order chi connectivity index (χ1) is 8.49. The van der Waals surface area contributed by atoms with Crippen molar-refractivity contribution in [1.29, 1.82) is 0 Å². The zero-order chi connectivity index (χ0) is 13.6. The zero-order valence-corrected chi connectivity index (χ0v) is 12.6. The van der Waals surface area contributed by atoms with Gasteiger partial charge in [0.2, 0.25) is 5.91 Å². The van der Waals surface area contributed by atoms with Crippen LogP contribution in [-0.2, 0) is 4.79 Å². The molecule has 1 rings (SSSR count). The molecule has 18 heavy (non-hydrogen) atoms. The van der Waals surface area contributed by atoms with Crippen molar-refractivity contribution in [3.63, 3.8) is 0 Å². The van der Waals surface area contributed by atoms with Gasteiger partial charge in [0, 0.05) is 20.1 Å². The summed E-state index contributed by atoms with van der Waals surface area (Å²) in [5.74, 6) is 0.953. The van der Waals surface area contributed by atoms with Gasteiger partial charge in [-0.3, -0.25) is 4.79 Å². The minimum absolute atomic E-state index is 0.204. The summed E-state index contributed by atoms with van der Waals surface area (Å²) in [6.45, 7) is 8.90. The molecule has 1 amide bonds. The van der Waals surface area contributed by atoms with Crippen molar-refractivity contribution in [3.05, 3.63) is 0 Å². The molecular formula is C15H30N2O. The summed E-state index contributed by atoms with van der Waals surface area (Å²) in [5.41, 5.74) is 0.458. The number of nitrogens with zero attached hydrogens (tertiary/aromatic N) is 1. The third-order valence-corrected chi connectivity index (χ3v) is 4.18. The number of hydrogen-bond donors (Lipinski definition) is 1. The zero-order valence-electron chi connectivity index (χ0n) is 12.6. The molecule has 0 heterocycles. The van der Waals surface area contributed by atoms with Crippen LogP contribution in [0.3, 0.4) is 0 Å². The molecule has 0 aliphatic heterocycles. The molecule has 1 aliphatic carbocycles. The largest absolute Gasteiger partial charge is 0.345 e. The van der Waals surface area contributed by atoms with E-state index in [1.54, 1.807) is 4.90 Å². The number of nitrogens with one attached hydrogen (secondary N) is 1. The first kappa shape index (κ1) is 15.5. The molecule has 0 saturated heterocycles. The summed E-state index contributed by atoms with van der Waals surface area (Å²) in [5, 5.41) is 3.40. The van der Waals surface area contributed by atoms with Gasteiger partial charge in [0.15, 0.2) is 0 Å². The maximum atomic E-state index is 11.7. The number of carbonyl (C=O) groups is 1. The lowest BCUT2D eigenvalue weighted by atomic mass is 9.78. The van der Waals surface area contributed by atoms with Crippen molar-refractivity contribution in [2.75, 3.05) is 26.7 Å². The lowest BCUT2D eigenvalue weighted by Crippen LogP contribution is -2.40. The normalized spacial score (nSPS) is 18.3. The molecule has 0 atom stereocenters. The van der Waals surface area contributed by atoms with E-state index in [0.717, 1.165) is 19.0 Å². The Morgan fingerprint density at radius 3 is 2.44 bits per heavy atom. The van der Waals surface area contributed by atoms with Crippen LogP contribution < -0.4 is 5.32 Å². The molecule has 0 bridgehead atoms. The van der Waals surface area contributed by atoms with Crippen LogP contribution in [-0.4, -0.2) is 37.5 Å². The van der Waals surface area contributed by atoms with Crippen LogP contribution in [0.1, 0.15) is 52.9 Å². The minimum atomic E-state index is 0.204. The van der Waals surface area contributed by atoms with Crippen LogP contribution in [0.4, 0.5) is 0 Å². The van der Waals surface area contributed by atoms with Crippen molar-refractivity contribution in [1.82, 2.24) is 10.2 Å². The third-order valence-electron chi connectivity index (χ3n) is 4.18. The van der Waals surface area contributed by atoms with Crippen LogP contribution in [0.25, 0.3) is 0 Å². The van der Waals surface area contributed by atoms with E-state index in [4.69, 9.17) is 0 Å². The van der Waals surface area contributed by atoms with Gasteiger partial charge in [-0.15, -0.1) is 0 Å². The first-order valence-corrected chi connectivity index (χ1v) is 7.44. The molecule has 0 aromatic carbocycles. The quantitative estimate of drug-likeness (QED) is 0.757. The van der Waals surface area contributed by atoms with Crippen molar-refractivity contribution >= 4 is 5.91 Å². The first-order valence-electron chi connectivity index (χ1n) is 7.44. The van der Waals surface area contributed by atoms with Gasteiger partial charge in [-0.2, -0.15) is 0 Å². The monoisotopic (exact) mass is 254 g/mol. The Labute approximate surface area is 112 Å². The van der Waals surface area contributed by atoms with Gasteiger partial charge in [-0.25, -0.2) is 0 Å². The highest BCUT2D eigenvalue weighted by Gasteiger charge is 2.33. The van der Waals surface area contributed by atoms with Gasteiger partial charge in [0.25, 0.3) is 0 Å². The predicted molar refractivity (Wildman–Crippen MR) is 76.5 cm³/mol. The predicted octanol–water partition coefficient (Wildman–Crippen LogP) is 2.66. The van der Waals surface area contributed by atoms with Crippen LogP contribution in [0.5, 0.6) is 0 Å². The smallest absolute Gasteiger partial charge is 0.236 e. The fourth-order valence-corrected chi connectivity index (χ4v) is 3.19. The molecule has 1 fully saturated rings. The Balaban J connectivity index is 2.37. The van der Waals surface area contributed by atoms with Crippen molar-refractivity contribution < 1.29 is 4.79 Å². The molecule has 0 spiro atoms. The van der Waals surface area contributed by atoms with E-state index in [9.17, 15) is 4.79 Å². The van der Waals surface area contributed by atoms with E-state index in [0.29, 0.717) is 12.0 Å². The van der Waals surface area contributed by atoms with Gasteiger partial charge in [-0.1, -0.05) is 26.7 Å². The molecule has 0 aromatic rings. The Morgan fingerprint density at radius 2 is 1.94 bits per heavy atom. The van der Waals surface area contributed by atoms with Crippen LogP contribution in [0.2, 0.25) is 0 Å².